The highest BCUT2D eigenvalue weighted by Crippen LogP contribution is 2.47. The fraction of sp³-hybridized carbons (Fsp3) is 0.381. The molecule has 162 valence electrons. The lowest BCUT2D eigenvalue weighted by molar-refractivity contribution is 0.151. The molecule has 2 aliphatic rings. The van der Waals surface area contributed by atoms with E-state index in [1.807, 2.05) is 10.7 Å². The van der Waals surface area contributed by atoms with Gasteiger partial charge in [-0.3, -0.25) is 4.68 Å². The number of nitrogens with two attached hydrogens (primary N) is 1. The van der Waals surface area contributed by atoms with Crippen molar-refractivity contribution in [3.63, 3.8) is 0 Å². The maximum absolute atomic E-state index is 14.1. The van der Waals surface area contributed by atoms with Crippen LogP contribution in [0.4, 0.5) is 19.0 Å². The summed E-state index contributed by atoms with van der Waals surface area (Å²) in [5.41, 5.74) is 7.33. The molecule has 4 heterocycles. The molecule has 0 saturated carbocycles. The van der Waals surface area contributed by atoms with Crippen molar-refractivity contribution in [3.05, 3.63) is 59.9 Å². The van der Waals surface area contributed by atoms with Gasteiger partial charge >= 0.3 is 0 Å². The van der Waals surface area contributed by atoms with E-state index >= 15 is 0 Å². The van der Waals surface area contributed by atoms with Crippen molar-refractivity contribution >= 4 is 17.6 Å². The van der Waals surface area contributed by atoms with E-state index in [-0.39, 0.29) is 21.9 Å². The number of piperidine rings is 1. The molecule has 1 atom stereocenters. The topological polar surface area (TPSA) is 72.9 Å². The van der Waals surface area contributed by atoms with Crippen LogP contribution in [0.5, 0.6) is 0 Å². The highest BCUT2D eigenvalue weighted by atomic mass is 32.2. The number of nitrogens with zero attached hydrogens (tertiary/aromatic N) is 5. The summed E-state index contributed by atoms with van der Waals surface area (Å²) in [4.78, 5) is 11.3. The average Bonchev–Trinajstić information content (AvgIpc) is 3.32. The van der Waals surface area contributed by atoms with E-state index in [1.54, 1.807) is 18.6 Å². The van der Waals surface area contributed by atoms with Gasteiger partial charge in [0.1, 0.15) is 16.7 Å². The average molecular weight is 447 g/mol. The number of hydrogen-bond acceptors (Lipinski definition) is 6. The number of fused-ring (bicyclic) bond motifs is 1. The Kier molecular flexibility index (Phi) is 5.13. The minimum atomic E-state index is -2.70. The molecule has 2 aliphatic heterocycles. The van der Waals surface area contributed by atoms with Gasteiger partial charge in [0.15, 0.2) is 0 Å². The van der Waals surface area contributed by atoms with Crippen molar-refractivity contribution < 1.29 is 13.2 Å². The van der Waals surface area contributed by atoms with Gasteiger partial charge in [0.25, 0.3) is 6.43 Å². The lowest BCUT2D eigenvalue weighted by atomic mass is 9.73. The Labute approximate surface area is 181 Å². The van der Waals surface area contributed by atoms with E-state index < -0.39 is 12.2 Å². The Balaban J connectivity index is 1.23. The largest absolute Gasteiger partial charge is 0.355 e. The Morgan fingerprint density at radius 1 is 1.13 bits per heavy atom. The summed E-state index contributed by atoms with van der Waals surface area (Å²) in [5.74, 6) is 0.0693. The van der Waals surface area contributed by atoms with Crippen molar-refractivity contribution in [1.82, 2.24) is 19.7 Å². The van der Waals surface area contributed by atoms with Gasteiger partial charge in [-0.2, -0.15) is 5.10 Å². The molecule has 0 aliphatic carbocycles. The van der Waals surface area contributed by atoms with Crippen LogP contribution in [0.25, 0.3) is 0 Å². The van der Waals surface area contributed by atoms with E-state index in [4.69, 9.17) is 5.73 Å². The van der Waals surface area contributed by atoms with Gasteiger partial charge < -0.3 is 10.6 Å². The molecular weight excluding hydrogens is 425 g/mol. The normalized spacial score (nSPS) is 19.9. The van der Waals surface area contributed by atoms with E-state index in [2.05, 4.69) is 20.0 Å². The molecule has 6 nitrogen and oxygen atoms in total. The molecule has 0 amide bonds. The molecule has 31 heavy (non-hydrogen) atoms. The molecule has 3 aromatic rings. The zero-order valence-electron chi connectivity index (χ0n) is 16.6. The third-order valence-electron chi connectivity index (χ3n) is 6.31. The van der Waals surface area contributed by atoms with Crippen molar-refractivity contribution in [1.29, 1.82) is 0 Å². The molecule has 1 spiro atoms. The standard InChI is InChI=1S/C21H21F3N6S/c22-14-9-13(20(23)24)1-2-16(14)31-18-11-26-17(10-27-18)29-7-4-21(5-8-29)12-30-15(19(21)25)3-6-28-30/h1-3,6,9-11,19-20H,4-5,7-8,12,25H2/t19-/m1/s1. The Morgan fingerprint density at radius 3 is 2.58 bits per heavy atom. The van der Waals surface area contributed by atoms with Crippen LogP contribution in [-0.4, -0.2) is 32.8 Å². The van der Waals surface area contributed by atoms with E-state index in [0.717, 1.165) is 61.8 Å². The summed E-state index contributed by atoms with van der Waals surface area (Å²) in [6.45, 7) is 2.49. The van der Waals surface area contributed by atoms with Gasteiger partial charge in [-0.25, -0.2) is 23.1 Å². The molecule has 2 aromatic heterocycles. The molecule has 1 aromatic carbocycles. The second-order valence-electron chi connectivity index (χ2n) is 8.05. The molecule has 1 saturated heterocycles. The monoisotopic (exact) mass is 446 g/mol. The predicted octanol–water partition coefficient (Wildman–Crippen LogP) is 4.20. The molecule has 0 unspecified atom stereocenters. The van der Waals surface area contributed by atoms with Crippen LogP contribution in [0.3, 0.4) is 0 Å². The zero-order chi connectivity index (χ0) is 21.6. The fourth-order valence-electron chi connectivity index (χ4n) is 4.47. The number of alkyl halides is 2. The fourth-order valence-corrected chi connectivity index (χ4v) is 5.20. The summed E-state index contributed by atoms with van der Waals surface area (Å²) in [5, 5.41) is 4.88. The highest BCUT2D eigenvalue weighted by Gasteiger charge is 2.46. The maximum atomic E-state index is 14.1. The Bertz CT molecular complexity index is 1080. The molecule has 2 N–H and O–H groups in total. The molecule has 0 radical (unpaired) electrons. The Morgan fingerprint density at radius 2 is 1.94 bits per heavy atom. The van der Waals surface area contributed by atoms with Crippen LogP contribution in [0.1, 0.15) is 36.6 Å². The first kappa shape index (κ1) is 20.3. The smallest absolute Gasteiger partial charge is 0.263 e. The first-order chi connectivity index (χ1) is 14.9. The molecular formula is C21H21F3N6S. The number of rotatable bonds is 4. The van der Waals surface area contributed by atoms with Gasteiger partial charge in [-0.15, -0.1) is 0 Å². The number of aromatic nitrogens is 4. The second kappa shape index (κ2) is 7.83. The summed E-state index contributed by atoms with van der Waals surface area (Å²) < 4.78 is 41.5. The van der Waals surface area contributed by atoms with E-state index in [0.29, 0.717) is 5.03 Å². The highest BCUT2D eigenvalue weighted by molar-refractivity contribution is 7.99. The molecule has 5 rings (SSSR count). The quantitative estimate of drug-likeness (QED) is 0.648. The number of anilines is 1. The zero-order valence-corrected chi connectivity index (χ0v) is 17.4. The second-order valence-corrected chi connectivity index (χ2v) is 9.11. The van der Waals surface area contributed by atoms with E-state index in [1.165, 1.54) is 12.1 Å². The van der Waals surface area contributed by atoms with Gasteiger partial charge in [0, 0.05) is 41.7 Å². The number of benzene rings is 1. The molecule has 0 bridgehead atoms. The van der Waals surface area contributed by atoms with Gasteiger partial charge in [0.2, 0.25) is 0 Å². The third-order valence-corrected chi connectivity index (χ3v) is 7.28. The van der Waals surface area contributed by atoms with E-state index in [9.17, 15) is 13.2 Å². The van der Waals surface area contributed by atoms with Crippen molar-refractivity contribution in [2.75, 3.05) is 18.0 Å². The van der Waals surface area contributed by atoms with Crippen LogP contribution in [0.2, 0.25) is 0 Å². The van der Waals surface area contributed by atoms with Crippen LogP contribution >= 0.6 is 11.8 Å². The van der Waals surface area contributed by atoms with Gasteiger partial charge in [-0.1, -0.05) is 17.8 Å². The third kappa shape index (κ3) is 3.67. The van der Waals surface area contributed by atoms with Crippen molar-refractivity contribution in [3.8, 4) is 0 Å². The van der Waals surface area contributed by atoms with Crippen LogP contribution in [-0.2, 0) is 6.54 Å². The summed E-state index contributed by atoms with van der Waals surface area (Å²) in [7, 11) is 0. The predicted molar refractivity (Wildman–Crippen MR) is 111 cm³/mol. The first-order valence-corrected chi connectivity index (χ1v) is 10.9. The first-order valence-electron chi connectivity index (χ1n) is 10.0. The molecule has 1 fully saturated rings. The summed E-state index contributed by atoms with van der Waals surface area (Å²) in [6.07, 6.45) is 4.24. The minimum absolute atomic E-state index is 0.00614. The summed E-state index contributed by atoms with van der Waals surface area (Å²) in [6, 6.07) is 5.42. The Hall–Kier alpha value is -2.59. The minimum Gasteiger partial charge on any atom is -0.355 e. The lowest BCUT2D eigenvalue weighted by Gasteiger charge is -2.41. The van der Waals surface area contributed by atoms with Gasteiger partial charge in [0.05, 0.1) is 24.1 Å². The summed E-state index contributed by atoms with van der Waals surface area (Å²) >= 11 is 1.06. The van der Waals surface area contributed by atoms with Crippen LogP contribution < -0.4 is 10.6 Å². The van der Waals surface area contributed by atoms with Crippen molar-refractivity contribution in [2.24, 2.45) is 11.1 Å². The number of hydrogen-bond donors (Lipinski definition) is 1. The van der Waals surface area contributed by atoms with Gasteiger partial charge in [-0.05, 0) is 31.0 Å². The van der Waals surface area contributed by atoms with Crippen molar-refractivity contribution in [2.45, 2.75) is 41.8 Å². The van der Waals surface area contributed by atoms with Crippen LogP contribution in [0, 0.1) is 11.2 Å². The van der Waals surface area contributed by atoms with Crippen LogP contribution in [0.15, 0.2) is 52.8 Å². The maximum Gasteiger partial charge on any atom is 0.263 e. The SMILES string of the molecule is N[C@@H]1c2ccnn2CC12CCN(c1cnc(Sc3ccc(C(F)F)cc3F)cn1)CC2. The number of halogens is 3. The molecule has 10 heteroatoms. The lowest BCUT2D eigenvalue weighted by Crippen LogP contribution is -2.45.